The van der Waals surface area contributed by atoms with Crippen molar-refractivity contribution in [2.45, 2.75) is 6.92 Å². The second-order valence-electron chi connectivity index (χ2n) is 6.59. The molecule has 1 amide bonds. The number of carbonyl (C=O) groups is 1. The zero-order chi connectivity index (χ0) is 21.1. The molecular formula is C24H20FNO4. The summed E-state index contributed by atoms with van der Waals surface area (Å²) < 4.78 is 30.1. The third-order valence-electron chi connectivity index (χ3n) is 4.65. The van der Waals surface area contributed by atoms with Crippen LogP contribution >= 0.6 is 0 Å². The lowest BCUT2D eigenvalue weighted by atomic mass is 10.0. The van der Waals surface area contributed by atoms with Crippen LogP contribution in [0.4, 0.5) is 10.1 Å². The van der Waals surface area contributed by atoms with Gasteiger partial charge < -0.3 is 19.2 Å². The average Bonchev–Trinajstić information content (AvgIpc) is 3.14. The highest BCUT2D eigenvalue weighted by atomic mass is 19.1. The van der Waals surface area contributed by atoms with Crippen LogP contribution in [0.2, 0.25) is 0 Å². The van der Waals surface area contributed by atoms with Gasteiger partial charge in [0.25, 0.3) is 5.91 Å². The van der Waals surface area contributed by atoms with E-state index < -0.39 is 0 Å². The molecule has 0 unspecified atom stereocenters. The number of anilines is 1. The van der Waals surface area contributed by atoms with E-state index in [0.29, 0.717) is 46.1 Å². The zero-order valence-corrected chi connectivity index (χ0v) is 16.6. The molecule has 0 bridgehead atoms. The van der Waals surface area contributed by atoms with E-state index in [1.165, 1.54) is 24.3 Å². The number of benzene rings is 3. The number of amides is 1. The van der Waals surface area contributed by atoms with E-state index >= 15 is 0 Å². The standard InChI is InChI=1S/C24H20FNO4/c1-3-29-19-12-13-21-20(14-19)22(24(27)26-17-8-6-16(25)7-9-17)23(30-21)15-4-10-18(28-2)11-5-15/h4-14H,3H2,1-2H3,(H,26,27). The van der Waals surface area contributed by atoms with Crippen LogP contribution in [0.15, 0.2) is 71.1 Å². The summed E-state index contributed by atoms with van der Waals surface area (Å²) in [6.07, 6.45) is 0. The highest BCUT2D eigenvalue weighted by Gasteiger charge is 2.23. The van der Waals surface area contributed by atoms with E-state index in [0.717, 1.165) is 5.56 Å². The fraction of sp³-hybridized carbons (Fsp3) is 0.125. The molecule has 6 heteroatoms. The molecular weight excluding hydrogens is 385 g/mol. The van der Waals surface area contributed by atoms with Crippen LogP contribution in [-0.4, -0.2) is 19.6 Å². The Labute approximate surface area is 173 Å². The molecule has 152 valence electrons. The topological polar surface area (TPSA) is 60.7 Å². The number of fused-ring (bicyclic) bond motifs is 1. The molecule has 1 N–H and O–H groups in total. The minimum Gasteiger partial charge on any atom is -0.497 e. The number of ether oxygens (including phenoxy) is 2. The molecule has 0 aliphatic heterocycles. The Morgan fingerprint density at radius 2 is 1.70 bits per heavy atom. The fourth-order valence-electron chi connectivity index (χ4n) is 3.23. The van der Waals surface area contributed by atoms with E-state index in [-0.39, 0.29) is 11.7 Å². The van der Waals surface area contributed by atoms with Gasteiger partial charge in [-0.15, -0.1) is 0 Å². The maximum atomic E-state index is 13.2. The van der Waals surface area contributed by atoms with Gasteiger partial charge in [0.2, 0.25) is 0 Å². The van der Waals surface area contributed by atoms with Gasteiger partial charge in [0.1, 0.15) is 28.7 Å². The molecule has 0 aliphatic carbocycles. The third kappa shape index (κ3) is 3.85. The molecule has 4 rings (SSSR count). The molecule has 0 saturated carbocycles. The number of furan rings is 1. The average molecular weight is 405 g/mol. The lowest BCUT2D eigenvalue weighted by molar-refractivity contribution is 0.102. The van der Waals surface area contributed by atoms with Gasteiger partial charge in [0.05, 0.1) is 19.3 Å². The van der Waals surface area contributed by atoms with Crippen LogP contribution in [0.5, 0.6) is 11.5 Å². The predicted molar refractivity (Wildman–Crippen MR) is 114 cm³/mol. The molecule has 0 atom stereocenters. The van der Waals surface area contributed by atoms with Gasteiger partial charge in [0.15, 0.2) is 0 Å². The van der Waals surface area contributed by atoms with Crippen LogP contribution in [0.25, 0.3) is 22.3 Å². The zero-order valence-electron chi connectivity index (χ0n) is 16.6. The Morgan fingerprint density at radius 3 is 2.37 bits per heavy atom. The van der Waals surface area contributed by atoms with Crippen molar-refractivity contribution in [2.75, 3.05) is 19.0 Å². The number of carbonyl (C=O) groups excluding carboxylic acids is 1. The summed E-state index contributed by atoms with van der Waals surface area (Å²) >= 11 is 0. The minimum atomic E-state index is -0.373. The van der Waals surface area contributed by atoms with E-state index in [2.05, 4.69) is 5.32 Å². The Balaban J connectivity index is 1.82. The Hall–Kier alpha value is -3.80. The second-order valence-corrected chi connectivity index (χ2v) is 6.59. The number of halogens is 1. The van der Waals surface area contributed by atoms with Crippen LogP contribution < -0.4 is 14.8 Å². The van der Waals surface area contributed by atoms with Gasteiger partial charge in [-0.1, -0.05) is 0 Å². The predicted octanol–water partition coefficient (Wildman–Crippen LogP) is 5.90. The SMILES string of the molecule is CCOc1ccc2oc(-c3ccc(OC)cc3)c(C(=O)Nc3ccc(F)cc3)c2c1. The molecule has 4 aromatic rings. The fourth-order valence-corrected chi connectivity index (χ4v) is 3.23. The van der Waals surface area contributed by atoms with E-state index in [1.54, 1.807) is 37.4 Å². The van der Waals surface area contributed by atoms with Gasteiger partial charge in [-0.05, 0) is 73.7 Å². The summed E-state index contributed by atoms with van der Waals surface area (Å²) in [4.78, 5) is 13.2. The smallest absolute Gasteiger partial charge is 0.260 e. The first-order valence-electron chi connectivity index (χ1n) is 9.49. The van der Waals surface area contributed by atoms with Gasteiger partial charge in [-0.25, -0.2) is 4.39 Å². The normalized spacial score (nSPS) is 10.8. The second kappa shape index (κ2) is 8.29. The molecule has 3 aromatic carbocycles. The number of nitrogens with one attached hydrogen (secondary N) is 1. The summed E-state index contributed by atoms with van der Waals surface area (Å²) in [6.45, 7) is 2.40. The van der Waals surface area contributed by atoms with Crippen molar-refractivity contribution in [2.24, 2.45) is 0 Å². The number of rotatable bonds is 6. The number of hydrogen-bond donors (Lipinski definition) is 1. The quantitative estimate of drug-likeness (QED) is 0.434. The molecule has 0 fully saturated rings. The first-order chi connectivity index (χ1) is 14.6. The van der Waals surface area contributed by atoms with Crippen molar-refractivity contribution in [3.63, 3.8) is 0 Å². The van der Waals surface area contributed by atoms with Gasteiger partial charge in [0, 0.05) is 16.6 Å². The molecule has 30 heavy (non-hydrogen) atoms. The van der Waals surface area contributed by atoms with Gasteiger partial charge >= 0.3 is 0 Å². The van der Waals surface area contributed by atoms with Crippen molar-refractivity contribution >= 4 is 22.6 Å². The van der Waals surface area contributed by atoms with Crippen molar-refractivity contribution in [3.8, 4) is 22.8 Å². The molecule has 1 aromatic heterocycles. The molecule has 5 nitrogen and oxygen atoms in total. The van der Waals surface area contributed by atoms with Crippen molar-refractivity contribution < 1.29 is 23.1 Å². The minimum absolute atomic E-state index is 0.361. The summed E-state index contributed by atoms with van der Waals surface area (Å²) in [5, 5.41) is 3.45. The highest BCUT2D eigenvalue weighted by Crippen LogP contribution is 2.36. The molecule has 0 spiro atoms. The summed E-state index contributed by atoms with van der Waals surface area (Å²) in [6, 6.07) is 18.2. The van der Waals surface area contributed by atoms with Crippen LogP contribution in [0, 0.1) is 5.82 Å². The molecule has 1 heterocycles. The van der Waals surface area contributed by atoms with Crippen LogP contribution in [0.3, 0.4) is 0 Å². The van der Waals surface area contributed by atoms with Gasteiger partial charge in [-0.3, -0.25) is 4.79 Å². The maximum absolute atomic E-state index is 13.2. The Kier molecular flexibility index (Phi) is 5.39. The monoisotopic (exact) mass is 405 g/mol. The third-order valence-corrected chi connectivity index (χ3v) is 4.65. The Morgan fingerprint density at radius 1 is 1.00 bits per heavy atom. The molecule has 0 saturated heterocycles. The van der Waals surface area contributed by atoms with Crippen molar-refractivity contribution in [1.29, 1.82) is 0 Å². The van der Waals surface area contributed by atoms with Crippen LogP contribution in [-0.2, 0) is 0 Å². The first kappa shape index (κ1) is 19.5. The lowest BCUT2D eigenvalue weighted by Gasteiger charge is -2.07. The highest BCUT2D eigenvalue weighted by molar-refractivity contribution is 6.16. The number of methoxy groups -OCH3 is 1. The summed E-state index contributed by atoms with van der Waals surface area (Å²) in [7, 11) is 1.59. The largest absolute Gasteiger partial charge is 0.497 e. The molecule has 0 aliphatic rings. The van der Waals surface area contributed by atoms with E-state index in [1.807, 2.05) is 19.1 Å². The van der Waals surface area contributed by atoms with Gasteiger partial charge in [-0.2, -0.15) is 0 Å². The van der Waals surface area contributed by atoms with Crippen LogP contribution in [0.1, 0.15) is 17.3 Å². The van der Waals surface area contributed by atoms with E-state index in [4.69, 9.17) is 13.9 Å². The Bertz CT molecular complexity index is 1180. The maximum Gasteiger partial charge on any atom is 0.260 e. The number of hydrogen-bond acceptors (Lipinski definition) is 4. The molecule has 0 radical (unpaired) electrons. The first-order valence-corrected chi connectivity index (χ1v) is 9.49. The van der Waals surface area contributed by atoms with Crippen molar-refractivity contribution in [3.05, 3.63) is 78.1 Å². The lowest BCUT2D eigenvalue weighted by Crippen LogP contribution is -2.12. The van der Waals surface area contributed by atoms with E-state index in [9.17, 15) is 9.18 Å². The van der Waals surface area contributed by atoms with Crippen molar-refractivity contribution in [1.82, 2.24) is 0 Å². The summed E-state index contributed by atoms with van der Waals surface area (Å²) in [5.74, 6) is 1.04. The summed E-state index contributed by atoms with van der Waals surface area (Å²) in [5.41, 5.74) is 2.15.